The van der Waals surface area contributed by atoms with Gasteiger partial charge in [0, 0.05) is 18.9 Å². The van der Waals surface area contributed by atoms with E-state index in [-0.39, 0.29) is 0 Å². The Morgan fingerprint density at radius 2 is 1.65 bits per heavy atom. The molecule has 0 amide bonds. The Morgan fingerprint density at radius 1 is 0.957 bits per heavy atom. The largest absolute Gasteiger partial charge is 0.381 e. The van der Waals surface area contributed by atoms with E-state index < -0.39 is 0 Å². The first kappa shape index (κ1) is 16.2. The van der Waals surface area contributed by atoms with Gasteiger partial charge in [-0.25, -0.2) is 0 Å². The molecule has 0 spiro atoms. The van der Waals surface area contributed by atoms with Crippen LogP contribution in [0.15, 0.2) is 42.6 Å². The highest BCUT2D eigenvalue weighted by molar-refractivity contribution is 5.59. The molecule has 0 unspecified atom stereocenters. The molecule has 2 nitrogen and oxygen atoms in total. The Morgan fingerprint density at radius 3 is 2.17 bits per heavy atom. The maximum Gasteiger partial charge on any atom is 0.0702 e. The molecule has 0 bridgehead atoms. The van der Waals surface area contributed by atoms with Gasteiger partial charge in [-0.3, -0.25) is 4.98 Å². The minimum absolute atomic E-state index is 0.456. The summed E-state index contributed by atoms with van der Waals surface area (Å²) in [5.41, 5.74) is 5.01. The Balaban J connectivity index is 1.69. The van der Waals surface area contributed by atoms with E-state index in [0.29, 0.717) is 17.9 Å². The van der Waals surface area contributed by atoms with Gasteiger partial charge in [-0.15, -0.1) is 0 Å². The number of methoxy groups -OCH3 is 1. The highest BCUT2D eigenvalue weighted by atomic mass is 16.5. The average Bonchev–Trinajstić information content (AvgIpc) is 2.62. The van der Waals surface area contributed by atoms with Gasteiger partial charge in [-0.2, -0.15) is 0 Å². The molecule has 1 aromatic heterocycles. The summed E-state index contributed by atoms with van der Waals surface area (Å²) in [4.78, 5) is 4.71. The van der Waals surface area contributed by atoms with E-state index in [1.165, 1.54) is 42.4 Å². The van der Waals surface area contributed by atoms with Crippen LogP contribution >= 0.6 is 0 Å². The van der Waals surface area contributed by atoms with E-state index >= 15 is 0 Å². The molecule has 2 heteroatoms. The fourth-order valence-corrected chi connectivity index (χ4v) is 3.49. The fourth-order valence-electron chi connectivity index (χ4n) is 3.49. The Hall–Kier alpha value is -1.67. The first-order chi connectivity index (χ1) is 11.2. The zero-order valence-electron chi connectivity index (χ0n) is 14.5. The lowest BCUT2D eigenvalue weighted by atomic mass is 9.83. The molecule has 122 valence electrons. The number of ether oxygens (including phenoxy) is 1. The number of benzene rings is 1. The second-order valence-electron chi connectivity index (χ2n) is 6.96. The summed E-state index contributed by atoms with van der Waals surface area (Å²) in [6.45, 7) is 4.45. The Kier molecular flexibility index (Phi) is 5.12. The van der Waals surface area contributed by atoms with Crippen LogP contribution in [0.1, 0.15) is 62.5 Å². The van der Waals surface area contributed by atoms with Crippen molar-refractivity contribution in [2.75, 3.05) is 7.11 Å². The summed E-state index contributed by atoms with van der Waals surface area (Å²) in [5.74, 6) is 1.22. The number of rotatable bonds is 4. The predicted molar refractivity (Wildman–Crippen MR) is 95.8 cm³/mol. The van der Waals surface area contributed by atoms with Crippen molar-refractivity contribution in [2.24, 2.45) is 0 Å². The third-order valence-electron chi connectivity index (χ3n) is 5.14. The summed E-state index contributed by atoms with van der Waals surface area (Å²) in [5, 5.41) is 0. The van der Waals surface area contributed by atoms with E-state index in [1.807, 2.05) is 7.11 Å². The molecule has 2 aromatic rings. The lowest BCUT2D eigenvalue weighted by Crippen LogP contribution is -2.19. The molecule has 1 aliphatic rings. The van der Waals surface area contributed by atoms with Crippen molar-refractivity contribution in [1.82, 2.24) is 4.98 Å². The van der Waals surface area contributed by atoms with Crippen LogP contribution in [-0.4, -0.2) is 18.2 Å². The molecule has 1 fully saturated rings. The molecule has 0 N–H and O–H groups in total. The second-order valence-corrected chi connectivity index (χ2v) is 6.96. The summed E-state index contributed by atoms with van der Waals surface area (Å²) in [6.07, 6.45) is 7.28. The quantitative estimate of drug-likeness (QED) is 0.739. The Bertz CT molecular complexity index is 607. The van der Waals surface area contributed by atoms with Gasteiger partial charge in [0.2, 0.25) is 0 Å². The van der Waals surface area contributed by atoms with Crippen LogP contribution in [-0.2, 0) is 4.74 Å². The topological polar surface area (TPSA) is 22.1 Å². The van der Waals surface area contributed by atoms with Gasteiger partial charge < -0.3 is 4.74 Å². The molecular formula is C21H27NO. The minimum Gasteiger partial charge on any atom is -0.381 e. The van der Waals surface area contributed by atoms with Crippen molar-refractivity contribution in [2.45, 2.75) is 57.5 Å². The third kappa shape index (κ3) is 3.81. The van der Waals surface area contributed by atoms with Crippen molar-refractivity contribution in [3.05, 3.63) is 53.7 Å². The molecular weight excluding hydrogens is 282 g/mol. The Labute approximate surface area is 139 Å². The van der Waals surface area contributed by atoms with E-state index in [2.05, 4.69) is 56.4 Å². The maximum absolute atomic E-state index is 5.46. The normalized spacial score (nSPS) is 21.6. The van der Waals surface area contributed by atoms with Gasteiger partial charge >= 0.3 is 0 Å². The van der Waals surface area contributed by atoms with E-state index in [4.69, 9.17) is 9.72 Å². The number of aromatic nitrogens is 1. The molecule has 0 saturated heterocycles. The molecule has 0 radical (unpaired) electrons. The zero-order valence-corrected chi connectivity index (χ0v) is 14.5. The average molecular weight is 309 g/mol. The molecule has 1 heterocycles. The first-order valence-corrected chi connectivity index (χ1v) is 8.76. The summed E-state index contributed by atoms with van der Waals surface area (Å²) >= 11 is 0. The summed E-state index contributed by atoms with van der Waals surface area (Å²) < 4.78 is 5.46. The van der Waals surface area contributed by atoms with Crippen LogP contribution in [0.3, 0.4) is 0 Å². The van der Waals surface area contributed by atoms with Crippen LogP contribution in [0.5, 0.6) is 0 Å². The van der Waals surface area contributed by atoms with Gasteiger partial charge in [0.15, 0.2) is 0 Å². The van der Waals surface area contributed by atoms with Gasteiger partial charge in [0.05, 0.1) is 11.8 Å². The van der Waals surface area contributed by atoms with Crippen molar-refractivity contribution in [3.63, 3.8) is 0 Å². The predicted octanol–water partition coefficient (Wildman–Crippen LogP) is 5.54. The van der Waals surface area contributed by atoms with E-state index in [0.717, 1.165) is 5.69 Å². The monoisotopic (exact) mass is 309 g/mol. The van der Waals surface area contributed by atoms with E-state index in [1.54, 1.807) is 0 Å². The van der Waals surface area contributed by atoms with Crippen LogP contribution in [0, 0.1) is 0 Å². The maximum atomic E-state index is 5.46. The van der Waals surface area contributed by atoms with Gasteiger partial charge in [-0.1, -0.05) is 44.2 Å². The SMILES string of the molecule is COC1CCC(c2ccc(-c3ccc(C(C)C)cc3)nc2)CC1. The number of pyridine rings is 1. The molecule has 1 saturated carbocycles. The lowest BCUT2D eigenvalue weighted by Gasteiger charge is -2.27. The zero-order chi connectivity index (χ0) is 16.2. The standard InChI is InChI=1S/C21H27NO/c1-15(2)16-4-6-18(7-5-16)21-13-10-19(14-22-21)17-8-11-20(23-3)12-9-17/h4-7,10,13-15,17,20H,8-9,11-12H2,1-3H3. The van der Waals surface area contributed by atoms with Gasteiger partial charge in [0.25, 0.3) is 0 Å². The molecule has 1 aliphatic carbocycles. The van der Waals surface area contributed by atoms with Gasteiger partial charge in [0.1, 0.15) is 0 Å². The van der Waals surface area contributed by atoms with Crippen molar-refractivity contribution < 1.29 is 4.74 Å². The fraction of sp³-hybridized carbons (Fsp3) is 0.476. The van der Waals surface area contributed by atoms with Crippen molar-refractivity contribution in [3.8, 4) is 11.3 Å². The van der Waals surface area contributed by atoms with E-state index in [9.17, 15) is 0 Å². The highest BCUT2D eigenvalue weighted by Gasteiger charge is 2.22. The molecule has 0 atom stereocenters. The smallest absolute Gasteiger partial charge is 0.0702 e. The van der Waals surface area contributed by atoms with Crippen LogP contribution in [0.25, 0.3) is 11.3 Å². The molecule has 1 aromatic carbocycles. The second kappa shape index (κ2) is 7.27. The van der Waals surface area contributed by atoms with Crippen molar-refractivity contribution in [1.29, 1.82) is 0 Å². The van der Waals surface area contributed by atoms with Crippen LogP contribution in [0.2, 0.25) is 0 Å². The number of nitrogens with zero attached hydrogens (tertiary/aromatic N) is 1. The highest BCUT2D eigenvalue weighted by Crippen LogP contribution is 2.34. The molecule has 3 rings (SSSR count). The van der Waals surface area contributed by atoms with Crippen LogP contribution < -0.4 is 0 Å². The van der Waals surface area contributed by atoms with Gasteiger partial charge in [-0.05, 0) is 54.7 Å². The number of hydrogen-bond donors (Lipinski definition) is 0. The van der Waals surface area contributed by atoms with Crippen LogP contribution in [0.4, 0.5) is 0 Å². The summed E-state index contributed by atoms with van der Waals surface area (Å²) in [6, 6.07) is 13.2. The number of hydrogen-bond acceptors (Lipinski definition) is 2. The third-order valence-corrected chi connectivity index (χ3v) is 5.14. The minimum atomic E-state index is 0.456. The lowest BCUT2D eigenvalue weighted by molar-refractivity contribution is 0.0658. The van der Waals surface area contributed by atoms with Crippen molar-refractivity contribution >= 4 is 0 Å². The summed E-state index contributed by atoms with van der Waals surface area (Å²) in [7, 11) is 1.83. The molecule has 0 aliphatic heterocycles. The molecule has 23 heavy (non-hydrogen) atoms. The first-order valence-electron chi connectivity index (χ1n) is 8.76.